The SMILES string of the molecule is O=C(c1ccccc1)[C@@H](Cc1ccc(Cl)cc1)c1nc2ccccc2s1. The van der Waals surface area contributed by atoms with Gasteiger partial charge in [-0.3, -0.25) is 4.79 Å². The summed E-state index contributed by atoms with van der Waals surface area (Å²) in [7, 11) is 0. The first-order valence-corrected chi connectivity index (χ1v) is 9.59. The van der Waals surface area contributed by atoms with E-state index in [-0.39, 0.29) is 11.7 Å². The predicted octanol–water partition coefficient (Wildman–Crippen LogP) is 6.16. The summed E-state index contributed by atoms with van der Waals surface area (Å²) in [6, 6.07) is 25.1. The first-order valence-electron chi connectivity index (χ1n) is 8.40. The van der Waals surface area contributed by atoms with E-state index < -0.39 is 0 Å². The number of benzene rings is 3. The van der Waals surface area contributed by atoms with Crippen molar-refractivity contribution >= 4 is 38.9 Å². The predicted molar refractivity (Wildman–Crippen MR) is 108 cm³/mol. The Hall–Kier alpha value is -2.49. The lowest BCUT2D eigenvalue weighted by Gasteiger charge is -2.14. The molecule has 4 aromatic rings. The normalized spacial score (nSPS) is 12.2. The Kier molecular flexibility index (Phi) is 4.83. The van der Waals surface area contributed by atoms with E-state index in [0.717, 1.165) is 20.8 Å². The molecule has 0 fully saturated rings. The number of para-hydroxylation sites is 1. The van der Waals surface area contributed by atoms with Gasteiger partial charge in [0.1, 0.15) is 5.01 Å². The molecule has 1 heterocycles. The highest BCUT2D eigenvalue weighted by molar-refractivity contribution is 7.18. The van der Waals surface area contributed by atoms with Crippen molar-refractivity contribution in [3.05, 3.63) is 100 Å². The van der Waals surface area contributed by atoms with Crippen molar-refractivity contribution in [2.45, 2.75) is 12.3 Å². The molecule has 0 unspecified atom stereocenters. The van der Waals surface area contributed by atoms with Crippen LogP contribution in [-0.2, 0) is 6.42 Å². The molecule has 0 N–H and O–H groups in total. The first-order chi connectivity index (χ1) is 12.7. The number of halogens is 1. The maximum absolute atomic E-state index is 13.2. The molecule has 0 radical (unpaired) electrons. The number of carbonyl (C=O) groups excluding carboxylic acids is 1. The fourth-order valence-corrected chi connectivity index (χ4v) is 4.18. The van der Waals surface area contributed by atoms with Crippen LogP contribution in [0.5, 0.6) is 0 Å². The van der Waals surface area contributed by atoms with Crippen LogP contribution in [0.15, 0.2) is 78.9 Å². The summed E-state index contributed by atoms with van der Waals surface area (Å²) in [5, 5.41) is 1.55. The zero-order valence-corrected chi connectivity index (χ0v) is 15.5. The van der Waals surface area contributed by atoms with Gasteiger partial charge in [-0.2, -0.15) is 0 Å². The minimum absolute atomic E-state index is 0.0969. The Balaban J connectivity index is 1.75. The lowest BCUT2D eigenvalue weighted by Crippen LogP contribution is -2.15. The summed E-state index contributed by atoms with van der Waals surface area (Å²) >= 11 is 7.59. The Morgan fingerprint density at radius 3 is 2.35 bits per heavy atom. The highest BCUT2D eigenvalue weighted by atomic mass is 35.5. The van der Waals surface area contributed by atoms with E-state index in [2.05, 4.69) is 0 Å². The Morgan fingerprint density at radius 2 is 1.62 bits per heavy atom. The van der Waals surface area contributed by atoms with Crippen LogP contribution >= 0.6 is 22.9 Å². The molecule has 0 aliphatic heterocycles. The van der Waals surface area contributed by atoms with E-state index in [1.54, 1.807) is 11.3 Å². The molecule has 1 atom stereocenters. The van der Waals surface area contributed by atoms with Crippen LogP contribution < -0.4 is 0 Å². The minimum Gasteiger partial charge on any atom is -0.293 e. The van der Waals surface area contributed by atoms with Gasteiger partial charge in [0.05, 0.1) is 16.1 Å². The van der Waals surface area contributed by atoms with E-state index in [9.17, 15) is 4.79 Å². The first kappa shape index (κ1) is 17.0. The second kappa shape index (κ2) is 7.40. The van der Waals surface area contributed by atoms with E-state index >= 15 is 0 Å². The molecular formula is C22H16ClNOS. The molecule has 0 bridgehead atoms. The van der Waals surface area contributed by atoms with Crippen LogP contribution in [0.25, 0.3) is 10.2 Å². The monoisotopic (exact) mass is 377 g/mol. The van der Waals surface area contributed by atoms with Gasteiger partial charge in [0.15, 0.2) is 5.78 Å². The van der Waals surface area contributed by atoms with Gasteiger partial charge < -0.3 is 0 Å². The topological polar surface area (TPSA) is 30.0 Å². The van der Waals surface area contributed by atoms with Crippen molar-refractivity contribution in [3.8, 4) is 0 Å². The van der Waals surface area contributed by atoms with Gasteiger partial charge >= 0.3 is 0 Å². The van der Waals surface area contributed by atoms with Crippen molar-refractivity contribution in [1.82, 2.24) is 4.98 Å². The maximum atomic E-state index is 13.2. The maximum Gasteiger partial charge on any atom is 0.173 e. The largest absolute Gasteiger partial charge is 0.293 e. The van der Waals surface area contributed by atoms with Crippen LogP contribution in [0, 0.1) is 0 Å². The smallest absolute Gasteiger partial charge is 0.173 e. The average molecular weight is 378 g/mol. The minimum atomic E-state index is -0.309. The number of Topliss-reactive ketones (excluding diaryl/α,β-unsaturated/α-hetero) is 1. The zero-order valence-electron chi connectivity index (χ0n) is 13.9. The molecule has 0 aliphatic carbocycles. The summed E-state index contributed by atoms with van der Waals surface area (Å²) in [6.07, 6.45) is 0.602. The summed E-state index contributed by atoms with van der Waals surface area (Å²) < 4.78 is 1.10. The molecule has 26 heavy (non-hydrogen) atoms. The van der Waals surface area contributed by atoms with Crippen LogP contribution in [-0.4, -0.2) is 10.8 Å². The molecule has 4 heteroatoms. The van der Waals surface area contributed by atoms with Crippen LogP contribution in [0.1, 0.15) is 26.8 Å². The van der Waals surface area contributed by atoms with Gasteiger partial charge in [-0.1, -0.05) is 66.2 Å². The van der Waals surface area contributed by atoms with Crippen molar-refractivity contribution in [3.63, 3.8) is 0 Å². The molecule has 0 amide bonds. The van der Waals surface area contributed by atoms with Gasteiger partial charge in [-0.05, 0) is 36.2 Å². The van der Waals surface area contributed by atoms with Gasteiger partial charge in [0.25, 0.3) is 0 Å². The highest BCUT2D eigenvalue weighted by Gasteiger charge is 2.25. The number of ketones is 1. The van der Waals surface area contributed by atoms with Crippen molar-refractivity contribution < 1.29 is 4.79 Å². The second-order valence-electron chi connectivity index (χ2n) is 6.13. The molecular weight excluding hydrogens is 362 g/mol. The molecule has 4 rings (SSSR count). The summed E-state index contributed by atoms with van der Waals surface area (Å²) in [4.78, 5) is 18.0. The van der Waals surface area contributed by atoms with E-state index in [0.29, 0.717) is 17.0 Å². The molecule has 0 aliphatic rings. The number of rotatable bonds is 5. The Bertz CT molecular complexity index is 1010. The van der Waals surface area contributed by atoms with Gasteiger partial charge in [-0.15, -0.1) is 11.3 Å². The average Bonchev–Trinajstić information content (AvgIpc) is 3.11. The lowest BCUT2D eigenvalue weighted by atomic mass is 9.91. The standard InChI is InChI=1S/C22H16ClNOS/c23-17-12-10-15(11-13-17)14-18(21(25)16-6-2-1-3-7-16)22-24-19-8-4-5-9-20(19)26-22/h1-13,18H,14H2/t18-/m1/s1. The van der Waals surface area contributed by atoms with E-state index in [1.165, 1.54) is 0 Å². The molecule has 0 saturated heterocycles. The number of thiazole rings is 1. The summed E-state index contributed by atoms with van der Waals surface area (Å²) in [5.41, 5.74) is 2.73. The number of hydrogen-bond acceptors (Lipinski definition) is 3. The van der Waals surface area contributed by atoms with Gasteiger partial charge in [-0.25, -0.2) is 4.98 Å². The lowest BCUT2D eigenvalue weighted by molar-refractivity contribution is 0.0959. The number of nitrogens with zero attached hydrogens (tertiary/aromatic N) is 1. The van der Waals surface area contributed by atoms with Gasteiger partial charge in [0.2, 0.25) is 0 Å². The zero-order chi connectivity index (χ0) is 17.9. The third-order valence-corrected chi connectivity index (χ3v) is 5.74. The summed E-state index contributed by atoms with van der Waals surface area (Å²) in [5.74, 6) is -0.212. The third kappa shape index (κ3) is 3.55. The quantitative estimate of drug-likeness (QED) is 0.390. The highest BCUT2D eigenvalue weighted by Crippen LogP contribution is 2.32. The Morgan fingerprint density at radius 1 is 0.923 bits per heavy atom. The molecule has 1 aromatic heterocycles. The van der Waals surface area contributed by atoms with Crippen molar-refractivity contribution in [1.29, 1.82) is 0 Å². The van der Waals surface area contributed by atoms with E-state index in [1.807, 2.05) is 78.9 Å². The number of fused-ring (bicyclic) bond motifs is 1. The van der Waals surface area contributed by atoms with Crippen LogP contribution in [0.2, 0.25) is 5.02 Å². The van der Waals surface area contributed by atoms with E-state index in [4.69, 9.17) is 16.6 Å². The fraction of sp³-hybridized carbons (Fsp3) is 0.0909. The van der Waals surface area contributed by atoms with Crippen LogP contribution in [0.3, 0.4) is 0 Å². The van der Waals surface area contributed by atoms with Crippen LogP contribution in [0.4, 0.5) is 0 Å². The molecule has 0 saturated carbocycles. The molecule has 128 valence electrons. The molecule has 2 nitrogen and oxygen atoms in total. The molecule has 3 aromatic carbocycles. The van der Waals surface area contributed by atoms with Gasteiger partial charge in [0, 0.05) is 10.6 Å². The Labute approximate surface area is 161 Å². The van der Waals surface area contributed by atoms with Crippen molar-refractivity contribution in [2.24, 2.45) is 0 Å². The second-order valence-corrected chi connectivity index (χ2v) is 7.63. The molecule has 0 spiro atoms. The fourth-order valence-electron chi connectivity index (χ4n) is 2.99. The summed E-state index contributed by atoms with van der Waals surface area (Å²) in [6.45, 7) is 0. The number of aromatic nitrogens is 1. The third-order valence-electron chi connectivity index (χ3n) is 4.34. The number of hydrogen-bond donors (Lipinski definition) is 0. The van der Waals surface area contributed by atoms with Crippen molar-refractivity contribution in [2.75, 3.05) is 0 Å². The number of carbonyl (C=O) groups is 1.